The molecule has 0 aliphatic heterocycles. The molecule has 0 N–H and O–H groups in total. The van der Waals surface area contributed by atoms with Crippen molar-refractivity contribution in [2.24, 2.45) is 12.0 Å². The summed E-state index contributed by atoms with van der Waals surface area (Å²) in [6.07, 6.45) is 1.91. The van der Waals surface area contributed by atoms with E-state index in [1.807, 2.05) is 73.9 Å². The highest BCUT2D eigenvalue weighted by atomic mass is 16.5. The number of hydrogen-bond acceptors (Lipinski definition) is 3. The van der Waals surface area contributed by atoms with Crippen molar-refractivity contribution in [2.75, 3.05) is 7.11 Å². The average molecular weight is 291 g/mol. The lowest BCUT2D eigenvalue weighted by molar-refractivity contribution is 0.416. The van der Waals surface area contributed by atoms with Gasteiger partial charge in [-0.25, -0.2) is 4.99 Å². The van der Waals surface area contributed by atoms with Crippen LogP contribution < -0.4 is 4.74 Å². The standard InChI is InChI=1S/C18H17N3O/c1-21-13-12-16(20-21)18(14-8-4-3-5-9-14)19-15-10-6-7-11-17(15)22-2/h3-13H,1-2H3. The maximum absolute atomic E-state index is 5.39. The fourth-order valence-corrected chi connectivity index (χ4v) is 2.25. The smallest absolute Gasteiger partial charge is 0.144 e. The van der Waals surface area contributed by atoms with E-state index >= 15 is 0 Å². The molecule has 0 aliphatic rings. The van der Waals surface area contributed by atoms with E-state index in [0.29, 0.717) is 0 Å². The zero-order valence-corrected chi connectivity index (χ0v) is 12.6. The summed E-state index contributed by atoms with van der Waals surface area (Å²) in [5.74, 6) is 0.742. The van der Waals surface area contributed by atoms with Crippen LogP contribution in [-0.4, -0.2) is 22.6 Å². The van der Waals surface area contributed by atoms with Crippen molar-refractivity contribution in [1.82, 2.24) is 9.78 Å². The fourth-order valence-electron chi connectivity index (χ4n) is 2.25. The summed E-state index contributed by atoms with van der Waals surface area (Å²) in [6.45, 7) is 0. The van der Waals surface area contributed by atoms with Gasteiger partial charge in [0.15, 0.2) is 0 Å². The molecular weight excluding hydrogens is 274 g/mol. The van der Waals surface area contributed by atoms with Gasteiger partial charge in [0.25, 0.3) is 0 Å². The Kier molecular flexibility index (Phi) is 4.01. The number of aromatic nitrogens is 2. The van der Waals surface area contributed by atoms with E-state index in [1.165, 1.54) is 0 Å². The molecule has 0 radical (unpaired) electrons. The molecule has 0 saturated heterocycles. The van der Waals surface area contributed by atoms with Gasteiger partial charge in [0.2, 0.25) is 0 Å². The molecule has 4 nitrogen and oxygen atoms in total. The second-order valence-corrected chi connectivity index (χ2v) is 4.87. The third-order valence-corrected chi connectivity index (χ3v) is 3.32. The topological polar surface area (TPSA) is 39.4 Å². The minimum Gasteiger partial charge on any atom is -0.494 e. The van der Waals surface area contributed by atoms with Crippen molar-refractivity contribution < 1.29 is 4.74 Å². The van der Waals surface area contributed by atoms with Crippen LogP contribution in [0.3, 0.4) is 0 Å². The zero-order chi connectivity index (χ0) is 15.4. The first kappa shape index (κ1) is 14.1. The van der Waals surface area contributed by atoms with Crippen LogP contribution in [0, 0.1) is 0 Å². The summed E-state index contributed by atoms with van der Waals surface area (Å²) >= 11 is 0. The maximum atomic E-state index is 5.39. The first-order chi connectivity index (χ1) is 10.8. The van der Waals surface area contributed by atoms with Gasteiger partial charge in [-0.15, -0.1) is 0 Å². The van der Waals surface area contributed by atoms with Crippen molar-refractivity contribution in [1.29, 1.82) is 0 Å². The number of methoxy groups -OCH3 is 1. The van der Waals surface area contributed by atoms with E-state index in [9.17, 15) is 0 Å². The molecule has 0 fully saturated rings. The Morgan fingerprint density at radius 1 is 1.00 bits per heavy atom. The van der Waals surface area contributed by atoms with Crippen molar-refractivity contribution in [3.05, 3.63) is 78.1 Å². The molecule has 3 rings (SSSR count). The fraction of sp³-hybridized carbons (Fsp3) is 0.111. The Balaban J connectivity index is 2.15. The molecule has 110 valence electrons. The lowest BCUT2D eigenvalue weighted by atomic mass is 10.1. The number of aryl methyl sites for hydroxylation is 1. The number of aliphatic imine (C=N–C) groups is 1. The Labute approximate surface area is 129 Å². The van der Waals surface area contributed by atoms with E-state index in [-0.39, 0.29) is 0 Å². The monoisotopic (exact) mass is 291 g/mol. The normalized spacial score (nSPS) is 11.5. The highest BCUT2D eigenvalue weighted by Gasteiger charge is 2.11. The van der Waals surface area contributed by atoms with Crippen molar-refractivity contribution >= 4 is 11.4 Å². The highest BCUT2D eigenvalue weighted by molar-refractivity contribution is 6.12. The molecule has 0 amide bonds. The molecule has 0 unspecified atom stereocenters. The van der Waals surface area contributed by atoms with Gasteiger partial charge >= 0.3 is 0 Å². The van der Waals surface area contributed by atoms with E-state index in [4.69, 9.17) is 9.73 Å². The molecule has 22 heavy (non-hydrogen) atoms. The Morgan fingerprint density at radius 2 is 1.73 bits per heavy atom. The van der Waals surface area contributed by atoms with Gasteiger partial charge in [0.05, 0.1) is 12.8 Å². The third-order valence-electron chi connectivity index (χ3n) is 3.32. The number of ether oxygens (including phenoxy) is 1. The van der Waals surface area contributed by atoms with Gasteiger partial charge < -0.3 is 4.74 Å². The van der Waals surface area contributed by atoms with Crippen LogP contribution >= 0.6 is 0 Å². The molecule has 0 bridgehead atoms. The molecule has 3 aromatic rings. The lowest BCUT2D eigenvalue weighted by Crippen LogP contribution is -2.05. The maximum Gasteiger partial charge on any atom is 0.144 e. The Bertz CT molecular complexity index is 791. The first-order valence-corrected chi connectivity index (χ1v) is 7.05. The number of nitrogens with zero attached hydrogens (tertiary/aromatic N) is 3. The number of rotatable bonds is 4. The quantitative estimate of drug-likeness (QED) is 0.689. The van der Waals surface area contributed by atoms with Crippen molar-refractivity contribution in [3.63, 3.8) is 0 Å². The summed E-state index contributed by atoms with van der Waals surface area (Å²) in [4.78, 5) is 4.80. The van der Waals surface area contributed by atoms with E-state index in [0.717, 1.165) is 28.4 Å². The van der Waals surface area contributed by atoms with E-state index in [2.05, 4.69) is 5.10 Å². The first-order valence-electron chi connectivity index (χ1n) is 7.05. The molecule has 1 heterocycles. The Morgan fingerprint density at radius 3 is 2.41 bits per heavy atom. The molecule has 2 aromatic carbocycles. The summed E-state index contributed by atoms with van der Waals surface area (Å²) in [7, 11) is 3.55. The molecular formula is C18H17N3O. The van der Waals surface area contributed by atoms with Crippen LogP contribution in [0.4, 0.5) is 5.69 Å². The predicted molar refractivity (Wildman–Crippen MR) is 87.9 cm³/mol. The SMILES string of the molecule is COc1ccccc1N=C(c1ccccc1)c1ccn(C)n1. The number of hydrogen-bond donors (Lipinski definition) is 0. The number of benzene rings is 2. The van der Waals surface area contributed by atoms with Gasteiger partial charge in [0, 0.05) is 18.8 Å². The molecule has 0 saturated carbocycles. The van der Waals surface area contributed by atoms with Crippen molar-refractivity contribution in [2.45, 2.75) is 0 Å². The minimum atomic E-state index is 0.742. The molecule has 0 spiro atoms. The molecule has 4 heteroatoms. The zero-order valence-electron chi connectivity index (χ0n) is 12.6. The average Bonchev–Trinajstić information content (AvgIpc) is 3.00. The summed E-state index contributed by atoms with van der Waals surface area (Å²) in [6, 6.07) is 19.7. The largest absolute Gasteiger partial charge is 0.494 e. The summed E-state index contributed by atoms with van der Waals surface area (Å²) < 4.78 is 7.16. The second-order valence-electron chi connectivity index (χ2n) is 4.87. The molecule has 0 aliphatic carbocycles. The van der Waals surface area contributed by atoms with E-state index < -0.39 is 0 Å². The third kappa shape index (κ3) is 2.91. The van der Waals surface area contributed by atoms with Crippen molar-refractivity contribution in [3.8, 4) is 5.75 Å². The van der Waals surface area contributed by atoms with Gasteiger partial charge in [-0.3, -0.25) is 4.68 Å². The van der Waals surface area contributed by atoms with Crippen LogP contribution in [-0.2, 0) is 7.05 Å². The Hall–Kier alpha value is -2.88. The summed E-state index contributed by atoms with van der Waals surface area (Å²) in [5, 5.41) is 4.48. The highest BCUT2D eigenvalue weighted by Crippen LogP contribution is 2.28. The molecule has 0 atom stereocenters. The minimum absolute atomic E-state index is 0.742. The van der Waals surface area contributed by atoms with Crippen LogP contribution in [0.25, 0.3) is 0 Å². The van der Waals surface area contributed by atoms with Gasteiger partial charge in [-0.1, -0.05) is 42.5 Å². The van der Waals surface area contributed by atoms with Gasteiger partial charge in [-0.05, 0) is 18.2 Å². The van der Waals surface area contributed by atoms with Crippen LogP contribution in [0.1, 0.15) is 11.3 Å². The number of para-hydroxylation sites is 2. The lowest BCUT2D eigenvalue weighted by Gasteiger charge is -2.07. The molecule has 1 aromatic heterocycles. The van der Waals surface area contributed by atoms with Crippen LogP contribution in [0.2, 0.25) is 0 Å². The van der Waals surface area contributed by atoms with Gasteiger partial charge in [0.1, 0.15) is 17.1 Å². The van der Waals surface area contributed by atoms with Gasteiger partial charge in [-0.2, -0.15) is 5.10 Å². The van der Waals surface area contributed by atoms with E-state index in [1.54, 1.807) is 11.8 Å². The van der Waals surface area contributed by atoms with Crippen LogP contribution in [0.15, 0.2) is 71.9 Å². The second kappa shape index (κ2) is 6.26. The van der Waals surface area contributed by atoms with Crippen LogP contribution in [0.5, 0.6) is 5.75 Å². The summed E-state index contributed by atoms with van der Waals surface area (Å²) in [5.41, 5.74) is 3.46. The predicted octanol–water partition coefficient (Wildman–Crippen LogP) is 3.60.